The van der Waals surface area contributed by atoms with Crippen molar-refractivity contribution < 1.29 is 23.8 Å². The number of fused-ring (bicyclic) bond motifs is 1. The van der Waals surface area contributed by atoms with Crippen molar-refractivity contribution in [1.29, 1.82) is 0 Å². The highest BCUT2D eigenvalue weighted by Gasteiger charge is 2.31. The van der Waals surface area contributed by atoms with Crippen LogP contribution in [-0.4, -0.2) is 31.7 Å². The standard InChI is InChI=1S/C22H31NO5/c1-7-23-20-16(10-8-14(4)9-11-18(24)28-13(2)3)21(26-6)15(5)17-12-27-22(25)19(17)20/h8,13,23H,7,9-12H2,1-6H3. The molecule has 6 heteroatoms. The lowest BCUT2D eigenvalue weighted by atomic mass is 9.93. The normalized spacial score (nSPS) is 13.4. The third kappa shape index (κ3) is 4.86. The molecular formula is C22H31NO5. The first-order chi connectivity index (χ1) is 13.3. The summed E-state index contributed by atoms with van der Waals surface area (Å²) in [7, 11) is 1.64. The maximum atomic E-state index is 12.3. The molecule has 0 unspecified atom stereocenters. The first-order valence-electron chi connectivity index (χ1n) is 9.78. The number of hydrogen-bond donors (Lipinski definition) is 1. The van der Waals surface area contributed by atoms with Crippen molar-refractivity contribution in [3.05, 3.63) is 33.9 Å². The van der Waals surface area contributed by atoms with Crippen LogP contribution in [0.4, 0.5) is 5.69 Å². The SMILES string of the molecule is CCNc1c(CC=C(C)CCC(=O)OC(C)C)c(OC)c(C)c2c1C(=O)OC2. The summed E-state index contributed by atoms with van der Waals surface area (Å²) in [5.41, 5.74) is 5.24. The smallest absolute Gasteiger partial charge is 0.341 e. The van der Waals surface area contributed by atoms with Gasteiger partial charge in [-0.1, -0.05) is 11.6 Å². The second kappa shape index (κ2) is 9.62. The Hall–Kier alpha value is -2.50. The molecule has 0 amide bonds. The van der Waals surface area contributed by atoms with Gasteiger partial charge in [-0.15, -0.1) is 0 Å². The number of methoxy groups -OCH3 is 1. The van der Waals surface area contributed by atoms with Crippen LogP contribution < -0.4 is 10.1 Å². The minimum Gasteiger partial charge on any atom is -0.496 e. The zero-order valence-corrected chi connectivity index (χ0v) is 17.7. The topological polar surface area (TPSA) is 73.9 Å². The van der Waals surface area contributed by atoms with E-state index in [2.05, 4.69) is 11.4 Å². The lowest BCUT2D eigenvalue weighted by Crippen LogP contribution is -2.11. The fourth-order valence-electron chi connectivity index (χ4n) is 3.42. The maximum Gasteiger partial charge on any atom is 0.341 e. The van der Waals surface area contributed by atoms with E-state index in [1.807, 2.05) is 34.6 Å². The van der Waals surface area contributed by atoms with Crippen LogP contribution >= 0.6 is 0 Å². The molecule has 0 radical (unpaired) electrons. The number of esters is 2. The Balaban J connectivity index is 2.29. The van der Waals surface area contributed by atoms with Crippen molar-refractivity contribution in [2.45, 2.75) is 66.6 Å². The van der Waals surface area contributed by atoms with E-state index in [-0.39, 0.29) is 24.6 Å². The van der Waals surface area contributed by atoms with E-state index in [4.69, 9.17) is 14.2 Å². The van der Waals surface area contributed by atoms with Crippen molar-refractivity contribution >= 4 is 17.6 Å². The van der Waals surface area contributed by atoms with Gasteiger partial charge in [0.15, 0.2) is 0 Å². The van der Waals surface area contributed by atoms with Gasteiger partial charge in [0.1, 0.15) is 12.4 Å². The molecule has 1 aromatic carbocycles. The van der Waals surface area contributed by atoms with E-state index in [0.717, 1.165) is 33.7 Å². The van der Waals surface area contributed by atoms with Crippen LogP contribution in [0, 0.1) is 6.92 Å². The zero-order valence-electron chi connectivity index (χ0n) is 17.7. The highest BCUT2D eigenvalue weighted by Crippen LogP contribution is 2.41. The number of anilines is 1. The minimum atomic E-state index is -0.296. The van der Waals surface area contributed by atoms with Gasteiger partial charge in [0.25, 0.3) is 0 Å². The van der Waals surface area contributed by atoms with Gasteiger partial charge < -0.3 is 19.5 Å². The Bertz CT molecular complexity index is 780. The second-order valence-electron chi connectivity index (χ2n) is 7.27. The molecule has 0 bridgehead atoms. The van der Waals surface area contributed by atoms with Crippen molar-refractivity contribution in [3.8, 4) is 5.75 Å². The summed E-state index contributed by atoms with van der Waals surface area (Å²) in [6.45, 7) is 10.6. The van der Waals surface area contributed by atoms with E-state index in [1.165, 1.54) is 0 Å². The van der Waals surface area contributed by atoms with Crippen LogP contribution in [0.25, 0.3) is 0 Å². The maximum absolute atomic E-state index is 12.3. The highest BCUT2D eigenvalue weighted by atomic mass is 16.5. The van der Waals surface area contributed by atoms with Crippen molar-refractivity contribution in [2.24, 2.45) is 0 Å². The Labute approximate surface area is 167 Å². The minimum absolute atomic E-state index is 0.0992. The monoisotopic (exact) mass is 389 g/mol. The molecule has 0 atom stereocenters. The molecule has 2 rings (SSSR count). The number of cyclic esters (lactones) is 1. The molecule has 0 saturated carbocycles. The van der Waals surface area contributed by atoms with E-state index >= 15 is 0 Å². The summed E-state index contributed by atoms with van der Waals surface area (Å²) < 4.78 is 16.1. The molecule has 0 fully saturated rings. The number of rotatable bonds is 9. The van der Waals surface area contributed by atoms with Gasteiger partial charge in [0.2, 0.25) is 0 Å². The molecule has 1 aromatic rings. The number of hydrogen-bond acceptors (Lipinski definition) is 6. The van der Waals surface area contributed by atoms with Crippen molar-refractivity contribution in [1.82, 2.24) is 0 Å². The van der Waals surface area contributed by atoms with Crippen LogP contribution in [0.1, 0.15) is 67.6 Å². The van der Waals surface area contributed by atoms with Gasteiger partial charge in [-0.2, -0.15) is 0 Å². The summed E-state index contributed by atoms with van der Waals surface area (Å²) in [6.07, 6.45) is 3.56. The van der Waals surface area contributed by atoms with Crippen LogP contribution in [0.3, 0.4) is 0 Å². The van der Waals surface area contributed by atoms with E-state index in [0.29, 0.717) is 31.4 Å². The lowest BCUT2D eigenvalue weighted by Gasteiger charge is -2.19. The summed E-state index contributed by atoms with van der Waals surface area (Å²) in [5, 5.41) is 3.32. The summed E-state index contributed by atoms with van der Waals surface area (Å²) in [6, 6.07) is 0. The molecule has 0 aromatic heterocycles. The number of allylic oxidation sites excluding steroid dienone is 2. The predicted octanol–water partition coefficient (Wildman–Crippen LogP) is 4.33. The zero-order chi connectivity index (χ0) is 20.8. The van der Waals surface area contributed by atoms with E-state index in [1.54, 1.807) is 7.11 Å². The Morgan fingerprint density at radius 1 is 1.32 bits per heavy atom. The predicted molar refractivity (Wildman–Crippen MR) is 109 cm³/mol. The van der Waals surface area contributed by atoms with Crippen LogP contribution in [0.2, 0.25) is 0 Å². The largest absolute Gasteiger partial charge is 0.496 e. The van der Waals surface area contributed by atoms with E-state index in [9.17, 15) is 9.59 Å². The van der Waals surface area contributed by atoms with E-state index < -0.39 is 0 Å². The number of carbonyl (C=O) groups is 2. The Morgan fingerprint density at radius 3 is 2.64 bits per heavy atom. The average Bonchev–Trinajstić information content (AvgIpc) is 3.02. The molecule has 28 heavy (non-hydrogen) atoms. The van der Waals surface area contributed by atoms with Crippen LogP contribution in [-0.2, 0) is 27.3 Å². The highest BCUT2D eigenvalue weighted by molar-refractivity contribution is 6.01. The first kappa shape index (κ1) is 21.8. The quantitative estimate of drug-likeness (QED) is 0.501. The molecule has 0 saturated heterocycles. The third-order valence-corrected chi connectivity index (χ3v) is 4.78. The van der Waals surface area contributed by atoms with Gasteiger partial charge >= 0.3 is 11.9 Å². The summed E-state index contributed by atoms with van der Waals surface area (Å²) >= 11 is 0. The van der Waals surface area contributed by atoms with Crippen LogP contribution in [0.15, 0.2) is 11.6 Å². The molecule has 0 spiro atoms. The first-order valence-corrected chi connectivity index (χ1v) is 9.78. The van der Waals surface area contributed by atoms with Crippen molar-refractivity contribution in [3.63, 3.8) is 0 Å². The molecule has 1 heterocycles. The summed E-state index contributed by atoms with van der Waals surface area (Å²) in [4.78, 5) is 24.0. The molecular weight excluding hydrogens is 358 g/mol. The van der Waals surface area contributed by atoms with Crippen molar-refractivity contribution in [2.75, 3.05) is 19.0 Å². The number of ether oxygens (including phenoxy) is 3. The fraction of sp³-hybridized carbons (Fsp3) is 0.545. The summed E-state index contributed by atoms with van der Waals surface area (Å²) in [5.74, 6) is 0.288. The van der Waals surface area contributed by atoms with Gasteiger partial charge in [0, 0.05) is 24.1 Å². The second-order valence-corrected chi connectivity index (χ2v) is 7.27. The average molecular weight is 389 g/mol. The van der Waals surface area contributed by atoms with Crippen LogP contribution in [0.5, 0.6) is 5.75 Å². The third-order valence-electron chi connectivity index (χ3n) is 4.78. The molecule has 1 aliphatic heterocycles. The van der Waals surface area contributed by atoms with Gasteiger partial charge in [-0.05, 0) is 53.0 Å². The lowest BCUT2D eigenvalue weighted by molar-refractivity contribution is -0.147. The Kier molecular flexibility index (Phi) is 7.49. The van der Waals surface area contributed by atoms with Gasteiger partial charge in [-0.25, -0.2) is 4.79 Å². The number of benzene rings is 1. The van der Waals surface area contributed by atoms with Gasteiger partial charge in [-0.3, -0.25) is 4.79 Å². The van der Waals surface area contributed by atoms with Gasteiger partial charge in [0.05, 0.1) is 24.5 Å². The molecule has 6 nitrogen and oxygen atoms in total. The molecule has 1 N–H and O–H groups in total. The number of nitrogens with one attached hydrogen (secondary N) is 1. The Morgan fingerprint density at radius 2 is 2.04 bits per heavy atom. The fourth-order valence-corrected chi connectivity index (χ4v) is 3.42. The molecule has 154 valence electrons. The molecule has 0 aliphatic carbocycles. The number of carbonyl (C=O) groups excluding carboxylic acids is 2. The molecule has 1 aliphatic rings.